The normalized spacial score (nSPS) is 11.0. The number of carbonyl (C=O) groups excluding carboxylic acids is 1. The lowest BCUT2D eigenvalue weighted by Gasteiger charge is -2.12. The van der Waals surface area contributed by atoms with Crippen molar-refractivity contribution in [2.45, 2.75) is 13.5 Å². The Bertz CT molecular complexity index is 1160. The SMILES string of the molecule is Cc1ccc(NC(=O)c2cccc(OCc3ccc(F)cc3)c2)cc1NS(C)(=O)=O. The molecule has 0 aromatic heterocycles. The molecule has 0 aliphatic heterocycles. The molecule has 3 rings (SSSR count). The van der Waals surface area contributed by atoms with Crippen molar-refractivity contribution in [3.05, 3.63) is 89.2 Å². The van der Waals surface area contributed by atoms with Crippen molar-refractivity contribution in [1.82, 2.24) is 0 Å². The maximum atomic E-state index is 13.0. The molecule has 3 aromatic carbocycles. The molecule has 0 aliphatic rings. The fourth-order valence-electron chi connectivity index (χ4n) is 2.69. The summed E-state index contributed by atoms with van der Waals surface area (Å²) < 4.78 is 44.1. The minimum absolute atomic E-state index is 0.240. The van der Waals surface area contributed by atoms with E-state index >= 15 is 0 Å². The van der Waals surface area contributed by atoms with Gasteiger partial charge in [0.25, 0.3) is 5.91 Å². The minimum atomic E-state index is -3.43. The first-order chi connectivity index (χ1) is 14.2. The molecular formula is C22H21FN2O4S. The van der Waals surface area contributed by atoms with E-state index in [0.717, 1.165) is 17.4 Å². The third-order valence-corrected chi connectivity index (χ3v) is 4.80. The van der Waals surface area contributed by atoms with Crippen LogP contribution in [0.25, 0.3) is 0 Å². The molecule has 3 aromatic rings. The third-order valence-electron chi connectivity index (χ3n) is 4.21. The Hall–Kier alpha value is -3.39. The van der Waals surface area contributed by atoms with E-state index in [-0.39, 0.29) is 18.3 Å². The molecule has 0 atom stereocenters. The van der Waals surface area contributed by atoms with Crippen LogP contribution >= 0.6 is 0 Å². The van der Waals surface area contributed by atoms with Crippen molar-refractivity contribution in [2.75, 3.05) is 16.3 Å². The van der Waals surface area contributed by atoms with Crippen molar-refractivity contribution < 1.29 is 22.3 Å². The van der Waals surface area contributed by atoms with Gasteiger partial charge in [0.05, 0.1) is 11.9 Å². The van der Waals surface area contributed by atoms with Crippen LogP contribution in [-0.2, 0) is 16.6 Å². The van der Waals surface area contributed by atoms with Gasteiger partial charge in [0.2, 0.25) is 10.0 Å². The van der Waals surface area contributed by atoms with E-state index in [1.165, 1.54) is 12.1 Å². The summed E-state index contributed by atoms with van der Waals surface area (Å²) in [4.78, 5) is 12.6. The number of aryl methyl sites for hydroxylation is 1. The highest BCUT2D eigenvalue weighted by atomic mass is 32.2. The molecule has 0 aliphatic carbocycles. The topological polar surface area (TPSA) is 84.5 Å². The molecule has 2 N–H and O–H groups in total. The average molecular weight is 428 g/mol. The second-order valence-electron chi connectivity index (χ2n) is 6.80. The Labute approximate surface area is 174 Å². The first-order valence-electron chi connectivity index (χ1n) is 9.07. The Morgan fingerprint density at radius 3 is 2.47 bits per heavy atom. The zero-order valence-corrected chi connectivity index (χ0v) is 17.3. The highest BCUT2D eigenvalue weighted by molar-refractivity contribution is 7.92. The third kappa shape index (κ3) is 6.05. The van der Waals surface area contributed by atoms with E-state index in [2.05, 4.69) is 10.0 Å². The maximum Gasteiger partial charge on any atom is 0.255 e. The number of amides is 1. The van der Waals surface area contributed by atoms with Crippen LogP contribution in [-0.4, -0.2) is 20.6 Å². The largest absolute Gasteiger partial charge is 0.489 e. The monoisotopic (exact) mass is 428 g/mol. The van der Waals surface area contributed by atoms with Crippen molar-refractivity contribution in [3.8, 4) is 5.75 Å². The quantitative estimate of drug-likeness (QED) is 0.586. The van der Waals surface area contributed by atoms with Gasteiger partial charge in [-0.25, -0.2) is 12.8 Å². The first-order valence-corrected chi connectivity index (χ1v) is 11.0. The van der Waals surface area contributed by atoms with Gasteiger partial charge >= 0.3 is 0 Å². The van der Waals surface area contributed by atoms with E-state index in [1.54, 1.807) is 61.5 Å². The molecule has 8 heteroatoms. The zero-order valence-electron chi connectivity index (χ0n) is 16.5. The standard InChI is InChI=1S/C22H21FN2O4S/c1-15-6-11-19(13-21(15)25-30(2,27)28)24-22(26)17-4-3-5-20(12-17)29-14-16-7-9-18(23)10-8-16/h3-13,25H,14H2,1-2H3,(H,24,26). The van der Waals surface area contributed by atoms with Crippen molar-refractivity contribution in [3.63, 3.8) is 0 Å². The highest BCUT2D eigenvalue weighted by Crippen LogP contribution is 2.22. The second-order valence-corrected chi connectivity index (χ2v) is 8.55. The molecule has 0 spiro atoms. The number of sulfonamides is 1. The van der Waals surface area contributed by atoms with Gasteiger partial charge in [0.1, 0.15) is 18.2 Å². The summed E-state index contributed by atoms with van der Waals surface area (Å²) in [7, 11) is -3.43. The van der Waals surface area contributed by atoms with Crippen LogP contribution in [0.1, 0.15) is 21.5 Å². The molecule has 0 radical (unpaired) electrons. The van der Waals surface area contributed by atoms with Crippen LogP contribution in [0.5, 0.6) is 5.75 Å². The van der Waals surface area contributed by atoms with Gasteiger partial charge in [-0.05, 0) is 60.5 Å². The highest BCUT2D eigenvalue weighted by Gasteiger charge is 2.10. The fourth-order valence-corrected chi connectivity index (χ4v) is 3.31. The van der Waals surface area contributed by atoms with Gasteiger partial charge in [0, 0.05) is 11.3 Å². The molecule has 156 valence electrons. The molecule has 0 bridgehead atoms. The van der Waals surface area contributed by atoms with E-state index < -0.39 is 10.0 Å². The van der Waals surface area contributed by atoms with Gasteiger partial charge in [-0.3, -0.25) is 9.52 Å². The predicted molar refractivity (Wildman–Crippen MR) is 115 cm³/mol. The van der Waals surface area contributed by atoms with Crippen LogP contribution in [0.4, 0.5) is 15.8 Å². The van der Waals surface area contributed by atoms with Crippen LogP contribution in [0, 0.1) is 12.7 Å². The number of rotatable bonds is 7. The first kappa shape index (κ1) is 21.3. The van der Waals surface area contributed by atoms with E-state index in [0.29, 0.717) is 22.7 Å². The summed E-state index contributed by atoms with van der Waals surface area (Å²) >= 11 is 0. The fraction of sp³-hybridized carbons (Fsp3) is 0.136. The maximum absolute atomic E-state index is 13.0. The Morgan fingerprint density at radius 1 is 1.03 bits per heavy atom. The van der Waals surface area contributed by atoms with E-state index in [4.69, 9.17) is 4.74 Å². The van der Waals surface area contributed by atoms with Crippen molar-refractivity contribution >= 4 is 27.3 Å². The summed E-state index contributed by atoms with van der Waals surface area (Å²) in [5.74, 6) is -0.185. The van der Waals surface area contributed by atoms with Crippen LogP contribution in [0.3, 0.4) is 0 Å². The summed E-state index contributed by atoms with van der Waals surface area (Å²) in [5, 5.41) is 2.75. The Balaban J connectivity index is 1.69. The summed E-state index contributed by atoms with van der Waals surface area (Å²) in [5.41, 5.74) is 2.76. The predicted octanol–water partition coefficient (Wildman–Crippen LogP) is 4.34. The molecule has 0 saturated carbocycles. The second kappa shape index (κ2) is 8.96. The number of halogens is 1. The number of carbonyl (C=O) groups is 1. The number of hydrogen-bond donors (Lipinski definition) is 2. The number of hydrogen-bond acceptors (Lipinski definition) is 4. The molecule has 30 heavy (non-hydrogen) atoms. The smallest absolute Gasteiger partial charge is 0.255 e. The lowest BCUT2D eigenvalue weighted by Crippen LogP contribution is -2.14. The van der Waals surface area contributed by atoms with Crippen LogP contribution in [0.15, 0.2) is 66.7 Å². The van der Waals surface area contributed by atoms with Gasteiger partial charge in [-0.2, -0.15) is 0 Å². The molecule has 0 unspecified atom stereocenters. The average Bonchev–Trinajstić information content (AvgIpc) is 2.69. The lowest BCUT2D eigenvalue weighted by molar-refractivity contribution is 0.102. The molecular weight excluding hydrogens is 407 g/mol. The van der Waals surface area contributed by atoms with Gasteiger partial charge in [-0.15, -0.1) is 0 Å². The lowest BCUT2D eigenvalue weighted by atomic mass is 10.1. The Kier molecular flexibility index (Phi) is 6.37. The van der Waals surface area contributed by atoms with E-state index in [9.17, 15) is 17.6 Å². The van der Waals surface area contributed by atoms with Gasteiger partial charge in [-0.1, -0.05) is 24.3 Å². The number of nitrogens with one attached hydrogen (secondary N) is 2. The summed E-state index contributed by atoms with van der Waals surface area (Å²) in [6.45, 7) is 2.00. The van der Waals surface area contributed by atoms with E-state index in [1.807, 2.05) is 0 Å². The molecule has 0 saturated heterocycles. The summed E-state index contributed by atoms with van der Waals surface area (Å²) in [6, 6.07) is 17.6. The zero-order chi connectivity index (χ0) is 21.7. The molecule has 0 fully saturated rings. The molecule has 6 nitrogen and oxygen atoms in total. The summed E-state index contributed by atoms with van der Waals surface area (Å²) in [6.07, 6.45) is 1.06. The molecule has 1 amide bonds. The molecule has 0 heterocycles. The van der Waals surface area contributed by atoms with Crippen molar-refractivity contribution in [1.29, 1.82) is 0 Å². The van der Waals surface area contributed by atoms with Crippen LogP contribution in [0.2, 0.25) is 0 Å². The van der Waals surface area contributed by atoms with Crippen LogP contribution < -0.4 is 14.8 Å². The number of ether oxygens (including phenoxy) is 1. The minimum Gasteiger partial charge on any atom is -0.489 e. The Morgan fingerprint density at radius 2 is 1.77 bits per heavy atom. The van der Waals surface area contributed by atoms with Gasteiger partial charge in [0.15, 0.2) is 0 Å². The number of anilines is 2. The van der Waals surface area contributed by atoms with Gasteiger partial charge < -0.3 is 10.1 Å². The van der Waals surface area contributed by atoms with Crippen molar-refractivity contribution in [2.24, 2.45) is 0 Å². The number of benzene rings is 3.